The molecule has 3 rings (SSSR count). The molecule has 0 radical (unpaired) electrons. The van der Waals surface area contributed by atoms with Crippen molar-refractivity contribution in [3.05, 3.63) is 45.7 Å². The Hall–Kier alpha value is -2.84. The fourth-order valence-electron chi connectivity index (χ4n) is 4.69. The van der Waals surface area contributed by atoms with Crippen LogP contribution < -0.4 is 14.9 Å². The predicted molar refractivity (Wildman–Crippen MR) is 143 cm³/mol. The van der Waals surface area contributed by atoms with E-state index in [0.717, 1.165) is 36.1 Å². The summed E-state index contributed by atoms with van der Waals surface area (Å²) >= 11 is 0. The van der Waals surface area contributed by atoms with Crippen molar-refractivity contribution in [2.75, 3.05) is 47.3 Å². The summed E-state index contributed by atoms with van der Waals surface area (Å²) in [6.07, 6.45) is 5.16. The number of hydrogen-bond donors (Lipinski definition) is 0. The molecule has 2 aromatic rings. The SMILES string of the molecule is CCCCOCC(C)(C)C1Cc2cc(OCCCOC)c(OC)cc2-c2cc(=O)c(C(=O)OCC)cn21. The second-order valence-electron chi connectivity index (χ2n) is 10.0. The summed E-state index contributed by atoms with van der Waals surface area (Å²) in [4.78, 5) is 25.6. The monoisotopic (exact) mass is 515 g/mol. The van der Waals surface area contributed by atoms with Crippen molar-refractivity contribution in [3.8, 4) is 22.8 Å². The van der Waals surface area contributed by atoms with E-state index in [2.05, 4.69) is 20.8 Å². The first kappa shape index (κ1) is 28.7. The molecular formula is C29H41NO7. The molecule has 204 valence electrons. The lowest BCUT2D eigenvalue weighted by atomic mass is 9.77. The van der Waals surface area contributed by atoms with Crippen molar-refractivity contribution < 1.29 is 28.5 Å². The number of rotatable bonds is 14. The summed E-state index contributed by atoms with van der Waals surface area (Å²) in [5.74, 6) is 0.638. The Morgan fingerprint density at radius 1 is 1.05 bits per heavy atom. The molecule has 0 aliphatic carbocycles. The van der Waals surface area contributed by atoms with Gasteiger partial charge in [0.2, 0.25) is 0 Å². The van der Waals surface area contributed by atoms with Gasteiger partial charge in [0.1, 0.15) is 5.56 Å². The summed E-state index contributed by atoms with van der Waals surface area (Å²) in [6.45, 7) is 10.7. The molecule has 0 amide bonds. The molecular weight excluding hydrogens is 474 g/mol. The van der Waals surface area contributed by atoms with Gasteiger partial charge in [-0.1, -0.05) is 27.2 Å². The minimum atomic E-state index is -0.610. The van der Waals surface area contributed by atoms with Crippen molar-refractivity contribution in [1.29, 1.82) is 0 Å². The van der Waals surface area contributed by atoms with Gasteiger partial charge in [0, 0.05) is 56.0 Å². The molecule has 1 atom stereocenters. The number of ether oxygens (including phenoxy) is 5. The number of benzene rings is 1. The number of nitrogens with zero attached hydrogens (tertiary/aromatic N) is 1. The smallest absolute Gasteiger partial charge is 0.343 e. The fourth-order valence-corrected chi connectivity index (χ4v) is 4.69. The Balaban J connectivity index is 2.09. The molecule has 8 heteroatoms. The zero-order valence-electron chi connectivity index (χ0n) is 23.1. The minimum absolute atomic E-state index is 0.0341. The van der Waals surface area contributed by atoms with Crippen LogP contribution in [0, 0.1) is 5.41 Å². The van der Waals surface area contributed by atoms with Gasteiger partial charge in [-0.3, -0.25) is 4.79 Å². The normalized spacial score (nSPS) is 14.6. The van der Waals surface area contributed by atoms with Crippen LogP contribution in [0.1, 0.15) is 68.9 Å². The Bertz CT molecular complexity index is 1120. The third-order valence-electron chi connectivity index (χ3n) is 6.76. The summed E-state index contributed by atoms with van der Waals surface area (Å²) in [5.41, 5.74) is 2.04. The van der Waals surface area contributed by atoms with Gasteiger partial charge in [0.15, 0.2) is 16.9 Å². The summed E-state index contributed by atoms with van der Waals surface area (Å²) in [6, 6.07) is 5.39. The van der Waals surface area contributed by atoms with Gasteiger partial charge in [0.05, 0.1) is 32.6 Å². The zero-order valence-corrected chi connectivity index (χ0v) is 23.1. The lowest BCUT2D eigenvalue weighted by Gasteiger charge is -2.41. The highest BCUT2D eigenvalue weighted by Crippen LogP contribution is 2.46. The van der Waals surface area contributed by atoms with Gasteiger partial charge < -0.3 is 28.3 Å². The van der Waals surface area contributed by atoms with E-state index in [1.807, 2.05) is 16.7 Å². The molecule has 1 aliphatic rings. The first-order chi connectivity index (χ1) is 17.8. The molecule has 37 heavy (non-hydrogen) atoms. The topological polar surface area (TPSA) is 85.2 Å². The molecule has 8 nitrogen and oxygen atoms in total. The van der Waals surface area contributed by atoms with Crippen LogP contribution >= 0.6 is 0 Å². The lowest BCUT2D eigenvalue weighted by Crippen LogP contribution is -2.37. The molecule has 2 heterocycles. The highest BCUT2D eigenvalue weighted by molar-refractivity contribution is 5.89. The standard InChI is InChI=1S/C29H41NO7/c1-7-9-12-35-19-29(3,4)27-15-20-14-26(37-13-10-11-33-5)25(34-6)16-21(20)23-17-24(31)22(18-30(23)27)28(32)36-8-2/h14,16-18,27H,7-13,15,19H2,1-6H3. The van der Waals surface area contributed by atoms with Gasteiger partial charge >= 0.3 is 5.97 Å². The van der Waals surface area contributed by atoms with Gasteiger partial charge in [0.25, 0.3) is 0 Å². The maximum atomic E-state index is 13.0. The van der Waals surface area contributed by atoms with Crippen molar-refractivity contribution >= 4 is 5.97 Å². The quantitative estimate of drug-likeness (QED) is 0.257. The predicted octanol–water partition coefficient (Wildman–Crippen LogP) is 5.06. The molecule has 1 aliphatic heterocycles. The van der Waals surface area contributed by atoms with E-state index in [-0.39, 0.29) is 29.1 Å². The van der Waals surface area contributed by atoms with Crippen LogP contribution in [0.2, 0.25) is 0 Å². The van der Waals surface area contributed by atoms with Crippen molar-refractivity contribution in [1.82, 2.24) is 4.57 Å². The number of esters is 1. The highest BCUT2D eigenvalue weighted by atomic mass is 16.5. The zero-order chi connectivity index (χ0) is 27.0. The van der Waals surface area contributed by atoms with Crippen molar-refractivity contribution in [3.63, 3.8) is 0 Å². The van der Waals surface area contributed by atoms with E-state index in [1.165, 1.54) is 6.07 Å². The number of aromatic nitrogens is 1. The van der Waals surface area contributed by atoms with Crippen LogP contribution in [-0.4, -0.2) is 57.8 Å². The number of hydrogen-bond acceptors (Lipinski definition) is 7. The van der Waals surface area contributed by atoms with Crippen LogP contribution in [0.3, 0.4) is 0 Å². The number of carbonyl (C=O) groups is 1. The Morgan fingerprint density at radius 3 is 2.51 bits per heavy atom. The average Bonchev–Trinajstić information content (AvgIpc) is 2.88. The van der Waals surface area contributed by atoms with Crippen LogP contribution in [0.4, 0.5) is 0 Å². The second kappa shape index (κ2) is 13.1. The van der Waals surface area contributed by atoms with E-state index in [1.54, 1.807) is 27.3 Å². The van der Waals surface area contributed by atoms with Crippen LogP contribution in [0.15, 0.2) is 29.2 Å². The first-order valence-corrected chi connectivity index (χ1v) is 13.1. The maximum absolute atomic E-state index is 13.0. The molecule has 0 saturated heterocycles. The van der Waals surface area contributed by atoms with Crippen LogP contribution in [0.25, 0.3) is 11.3 Å². The Morgan fingerprint density at radius 2 is 1.84 bits per heavy atom. The summed E-state index contributed by atoms with van der Waals surface area (Å²) < 4.78 is 30.1. The van der Waals surface area contributed by atoms with E-state index >= 15 is 0 Å². The van der Waals surface area contributed by atoms with E-state index < -0.39 is 5.97 Å². The third kappa shape index (κ3) is 6.73. The molecule has 0 bridgehead atoms. The molecule has 1 unspecified atom stereocenters. The minimum Gasteiger partial charge on any atom is -0.493 e. The third-order valence-corrected chi connectivity index (χ3v) is 6.76. The molecule has 1 aromatic carbocycles. The summed E-state index contributed by atoms with van der Waals surface area (Å²) in [7, 11) is 3.27. The second-order valence-corrected chi connectivity index (χ2v) is 10.0. The highest BCUT2D eigenvalue weighted by Gasteiger charge is 2.37. The number of unbranched alkanes of at least 4 members (excludes halogenated alkanes) is 1. The van der Waals surface area contributed by atoms with Gasteiger partial charge in [-0.2, -0.15) is 0 Å². The molecule has 0 fully saturated rings. The fraction of sp³-hybridized carbons (Fsp3) is 0.586. The Kier molecular flexibility index (Phi) is 10.2. The maximum Gasteiger partial charge on any atom is 0.343 e. The summed E-state index contributed by atoms with van der Waals surface area (Å²) in [5, 5.41) is 0. The van der Waals surface area contributed by atoms with E-state index in [0.29, 0.717) is 44.3 Å². The molecule has 0 spiro atoms. The number of carbonyl (C=O) groups excluding carboxylic acids is 1. The number of methoxy groups -OCH3 is 2. The van der Waals surface area contributed by atoms with Gasteiger partial charge in [-0.25, -0.2) is 4.79 Å². The lowest BCUT2D eigenvalue weighted by molar-refractivity contribution is 0.0297. The first-order valence-electron chi connectivity index (χ1n) is 13.1. The molecule has 0 saturated carbocycles. The Labute approximate surface area is 219 Å². The average molecular weight is 516 g/mol. The molecule has 1 aromatic heterocycles. The van der Waals surface area contributed by atoms with E-state index in [9.17, 15) is 9.59 Å². The largest absolute Gasteiger partial charge is 0.493 e. The van der Waals surface area contributed by atoms with Crippen LogP contribution in [0.5, 0.6) is 11.5 Å². The van der Waals surface area contributed by atoms with Crippen LogP contribution in [-0.2, 0) is 20.6 Å². The number of fused-ring (bicyclic) bond motifs is 3. The van der Waals surface area contributed by atoms with Crippen molar-refractivity contribution in [2.45, 2.75) is 59.4 Å². The van der Waals surface area contributed by atoms with Crippen molar-refractivity contribution in [2.24, 2.45) is 5.41 Å². The van der Waals surface area contributed by atoms with Gasteiger partial charge in [-0.15, -0.1) is 0 Å². The molecule has 0 N–H and O–H groups in total. The van der Waals surface area contributed by atoms with Gasteiger partial charge in [-0.05, 0) is 37.5 Å². The van der Waals surface area contributed by atoms with E-state index in [4.69, 9.17) is 23.7 Å². The number of pyridine rings is 1.